The lowest BCUT2D eigenvalue weighted by Crippen LogP contribution is -2.58. The van der Waals surface area contributed by atoms with E-state index in [0.717, 1.165) is 123 Å². The molecule has 18 unspecified atom stereocenters. The third-order valence-corrected chi connectivity index (χ3v) is 31.2. The Morgan fingerprint density at radius 3 is 1.15 bits per heavy atom. The van der Waals surface area contributed by atoms with Gasteiger partial charge >= 0.3 is 29.8 Å². The Labute approximate surface area is 555 Å². The number of ether oxygens (including phenoxy) is 5. The third kappa shape index (κ3) is 13.7. The molecule has 0 aromatic carbocycles. The van der Waals surface area contributed by atoms with Crippen LogP contribution >= 0.6 is 0 Å². The average molecular weight is 1270 g/mol. The summed E-state index contributed by atoms with van der Waals surface area (Å²) < 4.78 is 29.5. The van der Waals surface area contributed by atoms with E-state index in [4.69, 9.17) is 23.7 Å². The fraction of sp³-hybridized carbons (Fsp3) is 0.938. The van der Waals surface area contributed by atoms with E-state index in [1.54, 1.807) is 0 Å². The number of hydrogen-bond acceptors (Lipinski definition) is 10. The molecule has 0 radical (unpaired) electrons. The van der Waals surface area contributed by atoms with Crippen LogP contribution < -0.4 is 0 Å². The zero-order chi connectivity index (χ0) is 67.0. The Bertz CT molecular complexity index is 2530. The van der Waals surface area contributed by atoms with Gasteiger partial charge in [0.1, 0.15) is 30.0 Å². The summed E-state index contributed by atoms with van der Waals surface area (Å²) in [6, 6.07) is 0. The van der Waals surface area contributed by atoms with Gasteiger partial charge in [-0.3, -0.25) is 24.0 Å². The average Bonchev–Trinajstić information content (AvgIpc) is 1.45. The maximum atomic E-state index is 12.6. The highest BCUT2D eigenvalue weighted by Crippen LogP contribution is 2.69. The Kier molecular flexibility index (Phi) is 21.5. The SMILES string of the molecule is CCC(C)(C)C(=O)OC(C)(C)C12CC3CC(CC(C3)C1)C2.CCC(C)(C)C(=O)OC1CC2CC1C1CCCC21.CCC(C)(C)C(=O)OC1CC2CCC1(C)C2(C)C.CCC(C)C(=O)OC1CC2CC1C1CCCC21.CCC(C)C(=O)OC1CC2CCC1(C)C2(C)C. The molecule has 91 heavy (non-hydrogen) atoms. The van der Waals surface area contributed by atoms with E-state index >= 15 is 0 Å². The van der Waals surface area contributed by atoms with Gasteiger partial charge in [-0.1, -0.05) is 103 Å². The van der Waals surface area contributed by atoms with Crippen LogP contribution in [-0.2, 0) is 47.7 Å². The molecular formula is C81H136O10. The van der Waals surface area contributed by atoms with Gasteiger partial charge in [-0.25, -0.2) is 0 Å². The van der Waals surface area contributed by atoms with Crippen LogP contribution in [0.3, 0.4) is 0 Å². The van der Waals surface area contributed by atoms with E-state index in [-0.39, 0.29) is 104 Å². The molecule has 0 saturated heterocycles. The standard InChI is InChI=1S/C19H32O2.C16H26O2.C16H28O2.C15H24O2.C15H26O2/c1-6-17(2,3)16(20)21-18(4,5)19-10-13-7-14(11-19)9-15(8-13)12-19;1-4-16(2,3)15(17)18-14-9-10-8-13(14)12-7-5-6-11(10)12;1-7-14(2,3)13(17)18-12-10-11-8-9-16(12,6)15(11,4)5;1-3-9(2)15(16)17-14-8-10-7-13(14)12-6-4-5-11(10)12;1-6-10(2)13(16)17-12-9-11-7-8-15(12,5)14(11,3)4/h13-15H,6-12H2,1-5H3;10-14H,4-9H2,1-3H3;11-12H,7-10H2,1-6H3;9-14H,3-8H2,1-2H3;10-12H,6-9H2,1-5H3. The first-order chi connectivity index (χ1) is 42.4. The molecule has 520 valence electrons. The number of rotatable bonds is 16. The van der Waals surface area contributed by atoms with E-state index in [2.05, 4.69) is 76.2 Å². The number of esters is 5. The smallest absolute Gasteiger partial charge is 0.312 e. The van der Waals surface area contributed by atoms with Gasteiger partial charge in [0.25, 0.3) is 0 Å². The van der Waals surface area contributed by atoms with Crippen molar-refractivity contribution in [2.24, 2.45) is 132 Å². The summed E-state index contributed by atoms with van der Waals surface area (Å²) in [7, 11) is 0. The van der Waals surface area contributed by atoms with Crippen LogP contribution in [0.5, 0.6) is 0 Å². The first kappa shape index (κ1) is 72.6. The number of fused-ring (bicyclic) bond motifs is 14. The van der Waals surface area contributed by atoms with Crippen molar-refractivity contribution in [3.8, 4) is 0 Å². The fourth-order valence-electron chi connectivity index (χ4n) is 22.1. The van der Waals surface area contributed by atoms with Crippen molar-refractivity contribution in [1.29, 1.82) is 0 Å². The molecule has 14 aliphatic rings. The summed E-state index contributed by atoms with van der Waals surface area (Å²) >= 11 is 0. The van der Waals surface area contributed by atoms with E-state index in [1.807, 2.05) is 69.2 Å². The Balaban J connectivity index is 0.000000135. The summed E-state index contributed by atoms with van der Waals surface area (Å²) in [4.78, 5) is 60.9. The zero-order valence-electron chi connectivity index (χ0n) is 62.1. The minimum Gasteiger partial charge on any atom is -0.462 e. The Morgan fingerprint density at radius 1 is 0.418 bits per heavy atom. The third-order valence-electron chi connectivity index (χ3n) is 31.2. The number of carbonyl (C=O) groups excluding carboxylic acids is 5. The van der Waals surface area contributed by atoms with Crippen molar-refractivity contribution in [1.82, 2.24) is 0 Å². The van der Waals surface area contributed by atoms with Crippen LogP contribution in [0.15, 0.2) is 0 Å². The van der Waals surface area contributed by atoms with Crippen LogP contribution in [0.1, 0.15) is 319 Å². The second kappa shape index (κ2) is 27.0. The Morgan fingerprint density at radius 2 is 0.780 bits per heavy atom. The van der Waals surface area contributed by atoms with Crippen LogP contribution in [0.25, 0.3) is 0 Å². The van der Waals surface area contributed by atoms with Crippen LogP contribution in [0, 0.1) is 132 Å². The molecule has 14 fully saturated rings. The van der Waals surface area contributed by atoms with Gasteiger partial charge in [0.05, 0.1) is 28.1 Å². The largest absolute Gasteiger partial charge is 0.462 e. The lowest BCUT2D eigenvalue weighted by Gasteiger charge is -2.61. The van der Waals surface area contributed by atoms with E-state index < -0.39 is 0 Å². The van der Waals surface area contributed by atoms with Gasteiger partial charge in [-0.2, -0.15) is 0 Å². The number of hydrogen-bond donors (Lipinski definition) is 0. The highest BCUT2D eigenvalue weighted by Gasteiger charge is 2.65. The molecule has 0 spiro atoms. The van der Waals surface area contributed by atoms with Crippen LogP contribution in [-0.4, -0.2) is 59.9 Å². The van der Waals surface area contributed by atoms with Crippen molar-refractivity contribution in [2.45, 2.75) is 349 Å². The minimum absolute atomic E-state index is 0.00192. The molecule has 10 heteroatoms. The molecule has 0 aromatic heterocycles. The zero-order valence-corrected chi connectivity index (χ0v) is 62.1. The maximum absolute atomic E-state index is 12.6. The van der Waals surface area contributed by atoms with Gasteiger partial charge in [0.2, 0.25) is 0 Å². The highest BCUT2D eigenvalue weighted by molar-refractivity contribution is 5.77. The van der Waals surface area contributed by atoms with Gasteiger partial charge in [0, 0.05) is 16.2 Å². The molecule has 14 rings (SSSR count). The van der Waals surface area contributed by atoms with Gasteiger partial charge in [-0.15, -0.1) is 0 Å². The summed E-state index contributed by atoms with van der Waals surface area (Å²) in [6.45, 7) is 44.6. The van der Waals surface area contributed by atoms with Gasteiger partial charge in [-0.05, 0) is 304 Å². The van der Waals surface area contributed by atoms with Crippen molar-refractivity contribution in [2.75, 3.05) is 0 Å². The molecule has 0 heterocycles. The van der Waals surface area contributed by atoms with Gasteiger partial charge < -0.3 is 23.7 Å². The van der Waals surface area contributed by atoms with Crippen molar-refractivity contribution >= 4 is 29.8 Å². The topological polar surface area (TPSA) is 132 Å². The van der Waals surface area contributed by atoms with Crippen LogP contribution in [0.2, 0.25) is 0 Å². The highest BCUT2D eigenvalue weighted by atomic mass is 16.6. The predicted molar refractivity (Wildman–Crippen MR) is 364 cm³/mol. The predicted octanol–water partition coefficient (Wildman–Crippen LogP) is 20.1. The molecule has 0 aromatic rings. The Hall–Kier alpha value is -2.65. The monoisotopic (exact) mass is 1270 g/mol. The molecule has 0 N–H and O–H groups in total. The van der Waals surface area contributed by atoms with Crippen LogP contribution in [0.4, 0.5) is 0 Å². The first-order valence-electron chi connectivity index (χ1n) is 38.4. The molecule has 18 atom stereocenters. The lowest BCUT2D eigenvalue weighted by atomic mass is 9.46. The van der Waals surface area contributed by atoms with Crippen molar-refractivity contribution in [3.63, 3.8) is 0 Å². The molecule has 14 aliphatic carbocycles. The summed E-state index contributed by atoms with van der Waals surface area (Å²) in [6.07, 6.45) is 33.9. The van der Waals surface area contributed by atoms with Crippen molar-refractivity contribution < 1.29 is 47.7 Å². The summed E-state index contributed by atoms with van der Waals surface area (Å²) in [5, 5.41) is 0. The second-order valence-electron chi connectivity index (χ2n) is 37.7. The molecule has 0 aliphatic heterocycles. The molecular weight excluding hydrogens is 1130 g/mol. The molecule has 12 bridgehead atoms. The number of carbonyl (C=O) groups is 5. The quantitative estimate of drug-likeness (QED) is 0.109. The first-order valence-corrected chi connectivity index (χ1v) is 38.4. The summed E-state index contributed by atoms with van der Waals surface area (Å²) in [5.74, 6) is 11.2. The van der Waals surface area contributed by atoms with E-state index in [1.165, 1.54) is 116 Å². The van der Waals surface area contributed by atoms with E-state index in [9.17, 15) is 24.0 Å². The second-order valence-corrected chi connectivity index (χ2v) is 37.7. The molecule has 14 saturated carbocycles. The fourth-order valence-corrected chi connectivity index (χ4v) is 22.1. The van der Waals surface area contributed by atoms with Crippen molar-refractivity contribution in [3.05, 3.63) is 0 Å². The van der Waals surface area contributed by atoms with E-state index in [0.29, 0.717) is 22.7 Å². The molecule has 10 nitrogen and oxygen atoms in total. The maximum Gasteiger partial charge on any atom is 0.312 e. The molecule has 0 amide bonds. The normalized spacial score (nSPS) is 40.6. The minimum atomic E-state index is -0.362. The lowest BCUT2D eigenvalue weighted by molar-refractivity contribution is -0.206. The summed E-state index contributed by atoms with van der Waals surface area (Å²) in [5.41, 5.74) is -0.0633. The van der Waals surface area contributed by atoms with Gasteiger partial charge in [0.15, 0.2) is 0 Å².